The van der Waals surface area contributed by atoms with Crippen molar-refractivity contribution in [3.8, 4) is 0 Å². The highest BCUT2D eigenvalue weighted by Gasteiger charge is 2.57. The van der Waals surface area contributed by atoms with Crippen LogP contribution in [0.5, 0.6) is 0 Å². The van der Waals surface area contributed by atoms with E-state index in [-0.39, 0.29) is 73.4 Å². The first-order valence-corrected chi connectivity index (χ1v) is 44.9. The number of aliphatic hydroxyl groups is 18. The molecule has 8 fully saturated rings. The smallest absolute Gasteiger partial charge is 0.251 e. The lowest BCUT2D eigenvalue weighted by molar-refractivity contribution is -0.374. The van der Waals surface area contributed by atoms with Crippen LogP contribution in [0.4, 0.5) is 0 Å². The number of nitrogens with zero attached hydrogens (tertiary/aromatic N) is 6. The molecule has 0 bridgehead atoms. The maximum absolute atomic E-state index is 13.2. The molecular weight excluding hydrogens is 1730 g/mol. The van der Waals surface area contributed by atoms with E-state index in [1.165, 1.54) is 6.07 Å². The first-order valence-electron chi connectivity index (χ1n) is 43.8. The lowest BCUT2D eigenvalue weighted by Crippen LogP contribution is -2.68. The number of carbonyl (C=O) groups excluding carboxylic acids is 6. The molecule has 23 N–H and O–H groups in total. The Morgan fingerprint density at radius 1 is 0.465 bits per heavy atom. The van der Waals surface area contributed by atoms with Gasteiger partial charge in [-0.05, 0) is 74.0 Å². The highest BCUT2D eigenvalue weighted by molar-refractivity contribution is 8.00. The molecule has 33 atom stereocenters. The maximum Gasteiger partial charge on any atom is 0.251 e. The number of aliphatic hydroxyl groups excluding tert-OH is 18. The number of hydrogen-bond donors (Lipinski definition) is 23. The highest BCUT2D eigenvalue weighted by Crippen LogP contribution is 2.41. The largest absolute Gasteiger partial charge is 0.394 e. The molecule has 11 rings (SSSR count). The van der Waals surface area contributed by atoms with Crippen LogP contribution < -0.4 is 26.6 Å². The van der Waals surface area contributed by atoms with Crippen molar-refractivity contribution >= 4 is 47.1 Å². The minimum atomic E-state index is -1.89. The van der Waals surface area contributed by atoms with Crippen molar-refractivity contribution in [2.24, 2.45) is 5.92 Å². The zero-order valence-electron chi connectivity index (χ0n) is 72.8. The summed E-state index contributed by atoms with van der Waals surface area (Å²) in [6, 6.07) is 2.39. The second-order valence-corrected chi connectivity index (χ2v) is 34.3. The first-order chi connectivity index (χ1) is 61.8. The number of Topliss-reactive ketones (excluding diaryl/α,β-unsaturated/α-hetero) is 1. The van der Waals surface area contributed by atoms with E-state index < -0.39 is 236 Å². The monoisotopic (exact) mass is 1870 g/mol. The summed E-state index contributed by atoms with van der Waals surface area (Å²) in [4.78, 5) is 74.6. The summed E-state index contributed by atoms with van der Waals surface area (Å²) in [6.45, 7) is 8.20. The third-order valence-electron chi connectivity index (χ3n) is 23.0. The Morgan fingerprint density at radius 3 is 1.25 bits per heavy atom. The van der Waals surface area contributed by atoms with Crippen LogP contribution >= 0.6 is 11.8 Å². The van der Waals surface area contributed by atoms with Gasteiger partial charge in [-0.1, -0.05) is 63.8 Å². The van der Waals surface area contributed by atoms with Crippen LogP contribution in [0.1, 0.15) is 156 Å². The fourth-order valence-corrected chi connectivity index (χ4v) is 17.7. The zero-order valence-corrected chi connectivity index (χ0v) is 73.6. The topological polar surface area (TPSA) is 699 Å². The molecule has 0 radical (unpaired) electrons. The summed E-state index contributed by atoms with van der Waals surface area (Å²) in [6.07, 6.45) is -30.5. The molecule has 129 heavy (non-hydrogen) atoms. The number of hydrogen-bond acceptors (Lipinski definition) is 41. The normalized spacial score (nSPS) is 35.6. The van der Waals surface area contributed by atoms with Crippen LogP contribution in [0.15, 0.2) is 30.6 Å². The average Bonchev–Trinajstić information content (AvgIpc) is 1.13. The van der Waals surface area contributed by atoms with Gasteiger partial charge >= 0.3 is 0 Å². The molecule has 12 unspecified atom stereocenters. The van der Waals surface area contributed by atoms with Crippen LogP contribution in [-0.4, -0.2) is 411 Å². The molecule has 2 aromatic heterocycles. The number of ether oxygens (including phenoxy) is 12. The number of ketones is 1. The third kappa shape index (κ3) is 28.6. The summed E-state index contributed by atoms with van der Waals surface area (Å²) in [5.41, 5.74) is 2.44. The van der Waals surface area contributed by atoms with Crippen LogP contribution in [0.3, 0.4) is 0 Å². The number of benzene rings is 1. The molecule has 732 valence electrons. The van der Waals surface area contributed by atoms with E-state index >= 15 is 0 Å². The minimum Gasteiger partial charge on any atom is -0.394 e. The number of aryl methyl sites for hydroxylation is 2. The zero-order chi connectivity index (χ0) is 94.0. The molecular formula is C81H131N11O36S. The van der Waals surface area contributed by atoms with Crippen molar-refractivity contribution in [3.05, 3.63) is 58.7 Å². The van der Waals surface area contributed by atoms with Gasteiger partial charge in [0.15, 0.2) is 37.7 Å². The standard InChI is InChI=1S/C32H43N9O4S.C25H45NO16.C24H43NO16/c1-3-9-40-18-25(36-38-40)16-33-31(44)22-11-21(12-23(14-22)32(45)34-17-26-19-41(10-4-2)39-37-26)13-27(42)7-5-6-8-28-30-24(20-46-28)15-29(43)35-30;1-3-4-5-6-37-24-19(35)17(33)22(12(8-28)39-24)42-25-20(36)18(34)21(13(9-29)40-25)41-23-14(26-10(2)30)16(32)15(31)11(7-27)38-23;1-3-4-5-36-23-18(34)16(32)21(11(7-27)38-23)41-24-19(35)17(33)20(12(8-28)39-24)40-22-13(25-9(2)29)15(31)14(30)10(6-26)37-22/h11-12,14,18-19,24,28,30H,3-10,13,15-17,20H2,1-2H3,(H,33,44)(H,34,45)(H,35,43);11-25,27-29,31-36H,3-9H2,1-2H3,(H,26,30);10-24,26-28,30-35H,3-8H2,1-2H3,(H,25,29)/t24-,28-,30-;11?,12?,13?,14?,15-,16+,17+,18+,19?,20?,21-,22+,23-,24+,25-;10?,11?,12?,13?,14-,15+,16+,17+,18?,19?,20-,21+,22-,23+,24-/m100/s1. The molecule has 3 aromatic rings. The summed E-state index contributed by atoms with van der Waals surface area (Å²) in [5, 5.41) is 216. The van der Waals surface area contributed by atoms with E-state index in [4.69, 9.17) is 56.8 Å². The molecule has 47 nitrogen and oxygen atoms in total. The van der Waals surface area contributed by atoms with E-state index in [1.807, 2.05) is 39.5 Å². The van der Waals surface area contributed by atoms with Crippen LogP contribution in [0.25, 0.3) is 0 Å². The van der Waals surface area contributed by atoms with Gasteiger partial charge < -0.3 is 175 Å². The molecule has 48 heteroatoms. The Bertz CT molecular complexity index is 3840. The van der Waals surface area contributed by atoms with E-state index in [1.54, 1.807) is 33.9 Å². The average molecular weight is 1870 g/mol. The molecule has 1 aromatic carbocycles. The van der Waals surface area contributed by atoms with E-state index in [0.717, 1.165) is 84.1 Å². The van der Waals surface area contributed by atoms with E-state index in [0.29, 0.717) is 53.8 Å². The fourth-order valence-electron chi connectivity index (χ4n) is 16.1. The summed E-state index contributed by atoms with van der Waals surface area (Å²) in [7, 11) is 0. The Balaban J connectivity index is 0.000000219. The molecule has 8 aliphatic rings. The fraction of sp³-hybridized carbons (Fsp3) is 0.802. The number of thioether (sulfide) groups is 1. The van der Waals surface area contributed by atoms with Crippen molar-refractivity contribution < 1.29 is 178 Å². The van der Waals surface area contributed by atoms with Gasteiger partial charge in [-0.3, -0.25) is 38.1 Å². The maximum atomic E-state index is 13.2. The lowest BCUT2D eigenvalue weighted by atomic mass is 9.95. The molecule has 0 saturated carbocycles. The van der Waals surface area contributed by atoms with Crippen LogP contribution in [-0.2, 0) is 109 Å². The van der Waals surface area contributed by atoms with Gasteiger partial charge in [-0.2, -0.15) is 11.8 Å². The lowest BCUT2D eigenvalue weighted by Gasteiger charge is -2.48. The van der Waals surface area contributed by atoms with Gasteiger partial charge in [0.25, 0.3) is 11.8 Å². The number of rotatable bonds is 42. The van der Waals surface area contributed by atoms with Gasteiger partial charge in [-0.25, -0.2) is 0 Å². The SMILES string of the molecule is CCCCCO[C@@H]1OC(CO)[C@@H](O[C@@H]2OC(CO)[C@H](O[C@@H]3OC(CO)[C@H](O)[C@H](O)C3NC(C)=O)[C@H](O)C2O)[C@H](O)C1O.CCCCO[C@@H]1OC(CO)[C@@H](O[C@@H]2OC(CO)[C@H](O[C@@H]3OC(CO)[C@H](O)[C@H](O)C3NC(C)=O)[C@H](O)C2O)[C@H](O)C1O.CCCn1cc(CNC(=O)c2cc(CC(=O)CCCC[C@H]3SC[C@H]4CC(=O)N[C@H]43)cc(C(=O)NCc3cn(CCC)nn3)c2)nn1. The molecule has 0 spiro atoms. The van der Waals surface area contributed by atoms with Gasteiger partial charge in [0.2, 0.25) is 17.7 Å². The molecule has 8 aliphatic heterocycles. The van der Waals surface area contributed by atoms with Crippen molar-refractivity contribution in [3.63, 3.8) is 0 Å². The third-order valence-corrected chi connectivity index (χ3v) is 24.6. The van der Waals surface area contributed by atoms with Crippen molar-refractivity contribution in [1.82, 2.24) is 56.6 Å². The van der Waals surface area contributed by atoms with Crippen molar-refractivity contribution in [2.45, 2.75) is 347 Å². The Morgan fingerprint density at radius 2 is 0.853 bits per heavy atom. The number of unbranched alkanes of at least 4 members (excludes halogenated alkanes) is 4. The van der Waals surface area contributed by atoms with Gasteiger partial charge in [-0.15, -0.1) is 10.2 Å². The predicted molar refractivity (Wildman–Crippen MR) is 440 cm³/mol. The Labute approximate surface area is 748 Å². The summed E-state index contributed by atoms with van der Waals surface area (Å²) in [5.74, 6) is -0.338. The molecule has 10 heterocycles. The van der Waals surface area contributed by atoms with Gasteiger partial charge in [0.05, 0.1) is 65.1 Å². The highest BCUT2D eigenvalue weighted by atomic mass is 32.2. The van der Waals surface area contributed by atoms with Gasteiger partial charge in [0, 0.05) is 81.8 Å². The summed E-state index contributed by atoms with van der Waals surface area (Å²) >= 11 is 1.93. The quantitative estimate of drug-likeness (QED) is 0.0234. The number of aromatic nitrogens is 6. The van der Waals surface area contributed by atoms with Crippen LogP contribution in [0.2, 0.25) is 0 Å². The minimum absolute atomic E-state index is 0.0510. The van der Waals surface area contributed by atoms with E-state index in [9.17, 15) is 121 Å². The number of carbonyl (C=O) groups is 6. The second-order valence-electron chi connectivity index (χ2n) is 33.0. The second kappa shape index (κ2) is 52.0. The van der Waals surface area contributed by atoms with Crippen molar-refractivity contribution in [1.29, 1.82) is 0 Å². The van der Waals surface area contributed by atoms with Crippen molar-refractivity contribution in [2.75, 3.05) is 58.6 Å². The molecule has 0 aliphatic carbocycles. The van der Waals surface area contributed by atoms with Gasteiger partial charge in [0.1, 0.15) is 164 Å². The molecule has 8 saturated heterocycles. The predicted octanol–water partition coefficient (Wildman–Crippen LogP) is -7.98. The number of nitrogens with one attached hydrogen (secondary N) is 5. The molecule has 5 amide bonds. The number of fused-ring (bicyclic) bond motifs is 1. The Hall–Kier alpha value is -6.33. The summed E-state index contributed by atoms with van der Waals surface area (Å²) < 4.78 is 70.5. The van der Waals surface area contributed by atoms with Crippen LogP contribution in [0, 0.1) is 5.92 Å². The first kappa shape index (κ1) is 106. The van der Waals surface area contributed by atoms with E-state index in [2.05, 4.69) is 47.2 Å². The Kier molecular flexibility index (Phi) is 42.8. The number of amides is 5.